The van der Waals surface area contributed by atoms with Crippen LogP contribution in [-0.4, -0.2) is 16.9 Å². The second-order valence-corrected chi connectivity index (χ2v) is 7.91. The number of halogens is 6. The topological polar surface area (TPSA) is 68.0 Å². The molecular formula is C20H19ClF5N3O. The number of nitrogens with zero attached hydrogens (tertiary/aromatic N) is 1. The summed E-state index contributed by atoms with van der Waals surface area (Å²) in [6, 6.07) is 3.33. The van der Waals surface area contributed by atoms with Crippen LogP contribution in [0, 0.1) is 17.7 Å². The van der Waals surface area contributed by atoms with Crippen molar-refractivity contribution in [2.24, 2.45) is 11.7 Å². The molecule has 0 radical (unpaired) electrons. The van der Waals surface area contributed by atoms with E-state index in [1.54, 1.807) is 6.07 Å². The molecule has 1 aliphatic rings. The largest absolute Gasteiger partial charge is 0.417 e. The van der Waals surface area contributed by atoms with Gasteiger partial charge in [-0.25, -0.2) is 9.37 Å². The van der Waals surface area contributed by atoms with Gasteiger partial charge in [0.1, 0.15) is 5.82 Å². The number of benzene rings is 1. The Kier molecular flexibility index (Phi) is 6.33. The lowest BCUT2D eigenvalue weighted by atomic mass is 9.81. The van der Waals surface area contributed by atoms with Gasteiger partial charge in [-0.15, -0.1) is 0 Å². The lowest BCUT2D eigenvalue weighted by Crippen LogP contribution is -2.35. The van der Waals surface area contributed by atoms with Gasteiger partial charge in [0.15, 0.2) is 0 Å². The normalized spacial score (nSPS) is 22.1. The molecule has 2 aromatic rings. The molecule has 3 N–H and O–H groups in total. The monoisotopic (exact) mass is 447 g/mol. The van der Waals surface area contributed by atoms with E-state index in [0.29, 0.717) is 12.1 Å². The van der Waals surface area contributed by atoms with E-state index in [1.807, 2.05) is 6.92 Å². The predicted octanol–water partition coefficient (Wildman–Crippen LogP) is 5.05. The van der Waals surface area contributed by atoms with E-state index >= 15 is 0 Å². The summed E-state index contributed by atoms with van der Waals surface area (Å²) in [6.07, 6.45) is -4.00. The molecule has 1 unspecified atom stereocenters. The second-order valence-electron chi connectivity index (χ2n) is 7.50. The summed E-state index contributed by atoms with van der Waals surface area (Å²) in [4.78, 5) is 16.7. The number of carbonyl (C=O) groups excluding carboxylic acids is 1. The highest BCUT2D eigenvalue weighted by atomic mass is 35.5. The number of pyridine rings is 1. The molecular weight excluding hydrogens is 429 g/mol. The Labute approximate surface area is 174 Å². The minimum atomic E-state index is -4.82. The zero-order valence-corrected chi connectivity index (χ0v) is 16.6. The van der Waals surface area contributed by atoms with Gasteiger partial charge in [0.05, 0.1) is 16.3 Å². The molecule has 1 aliphatic carbocycles. The van der Waals surface area contributed by atoms with Crippen LogP contribution in [0.2, 0.25) is 5.02 Å². The number of nitrogens with one attached hydrogen (secondary N) is 1. The van der Waals surface area contributed by atoms with Crippen LogP contribution in [0.1, 0.15) is 42.5 Å². The number of fused-ring (bicyclic) bond motifs is 1. The van der Waals surface area contributed by atoms with E-state index < -0.39 is 52.1 Å². The molecule has 0 spiro atoms. The summed E-state index contributed by atoms with van der Waals surface area (Å²) in [7, 11) is 0. The van der Waals surface area contributed by atoms with Crippen LogP contribution in [0.4, 0.5) is 27.6 Å². The Morgan fingerprint density at radius 1 is 1.23 bits per heavy atom. The first-order valence-electron chi connectivity index (χ1n) is 9.23. The van der Waals surface area contributed by atoms with Gasteiger partial charge in [-0.3, -0.25) is 4.79 Å². The van der Waals surface area contributed by atoms with Gasteiger partial charge in [-0.2, -0.15) is 17.6 Å². The van der Waals surface area contributed by atoms with Crippen LogP contribution in [0.3, 0.4) is 0 Å². The maximum atomic E-state index is 14.2. The van der Waals surface area contributed by atoms with Crippen LogP contribution in [-0.2, 0) is 17.4 Å². The van der Waals surface area contributed by atoms with Crippen LogP contribution < -0.4 is 11.1 Å². The molecule has 10 heteroatoms. The number of amides is 1. The first-order chi connectivity index (χ1) is 14.0. The number of anilines is 1. The molecule has 3 rings (SSSR count). The fourth-order valence-corrected chi connectivity index (χ4v) is 4.02. The van der Waals surface area contributed by atoms with Crippen LogP contribution in [0.15, 0.2) is 24.3 Å². The molecule has 30 heavy (non-hydrogen) atoms. The molecule has 0 fully saturated rings. The summed E-state index contributed by atoms with van der Waals surface area (Å²) >= 11 is 5.62. The highest BCUT2D eigenvalue weighted by Gasteiger charge is 2.35. The molecule has 0 saturated heterocycles. The fourth-order valence-electron chi connectivity index (χ4n) is 3.75. The van der Waals surface area contributed by atoms with Gasteiger partial charge in [0.2, 0.25) is 11.9 Å². The number of rotatable bonds is 2. The number of aromatic nitrogens is 1. The Hall–Kier alpha value is -2.26. The third-order valence-corrected chi connectivity index (χ3v) is 5.49. The van der Waals surface area contributed by atoms with E-state index in [-0.39, 0.29) is 24.8 Å². The number of hydrogen-bond acceptors (Lipinski definition) is 3. The third kappa shape index (κ3) is 4.89. The average Bonchev–Trinajstić information content (AvgIpc) is 2.61. The van der Waals surface area contributed by atoms with E-state index in [9.17, 15) is 26.7 Å². The maximum Gasteiger partial charge on any atom is 0.417 e. The minimum Gasteiger partial charge on any atom is -0.327 e. The van der Waals surface area contributed by atoms with Crippen LogP contribution in [0.25, 0.3) is 0 Å². The summed E-state index contributed by atoms with van der Waals surface area (Å²) < 4.78 is 66.2. The quantitative estimate of drug-likeness (QED) is 0.500. The SMILES string of the molecule is C[C@@H]1CC(C(=O)Nc2cc(Cl)c(C(F)(F)F)cc2F)C[C@H](N)Cc2nc(F)ccc21. The van der Waals surface area contributed by atoms with E-state index in [0.717, 1.165) is 11.6 Å². The molecule has 1 aromatic heterocycles. The minimum absolute atomic E-state index is 0.155. The highest BCUT2D eigenvalue weighted by Crippen LogP contribution is 2.38. The molecule has 0 aliphatic heterocycles. The molecule has 4 nitrogen and oxygen atoms in total. The van der Waals surface area contributed by atoms with Gasteiger partial charge < -0.3 is 11.1 Å². The van der Waals surface area contributed by atoms with Crippen molar-refractivity contribution < 1.29 is 26.7 Å². The first kappa shape index (κ1) is 22.4. The van der Waals surface area contributed by atoms with Gasteiger partial charge in [-0.05, 0) is 42.5 Å². The molecule has 1 aromatic carbocycles. The fraction of sp³-hybridized carbons (Fsp3) is 0.400. The molecule has 0 bridgehead atoms. The Morgan fingerprint density at radius 2 is 1.93 bits per heavy atom. The predicted molar refractivity (Wildman–Crippen MR) is 102 cm³/mol. The lowest BCUT2D eigenvalue weighted by Gasteiger charge is -2.28. The molecule has 0 saturated carbocycles. The standard InChI is InChI=1S/C20H19ClF5N3O/c1-9-4-10(5-11(27)6-16-12(9)2-3-18(23)28-16)19(30)29-17-8-14(21)13(7-15(17)22)20(24,25)26/h2-3,7-11H,4-6,27H2,1H3,(H,29,30)/t9-,10?,11+/m1/s1. The van der Waals surface area contributed by atoms with Crippen molar-refractivity contribution in [1.29, 1.82) is 0 Å². The third-order valence-electron chi connectivity index (χ3n) is 5.18. The maximum absolute atomic E-state index is 14.2. The highest BCUT2D eigenvalue weighted by molar-refractivity contribution is 6.31. The molecule has 1 amide bonds. The number of carbonyl (C=O) groups is 1. The second kappa shape index (κ2) is 8.47. The van der Waals surface area contributed by atoms with Gasteiger partial charge >= 0.3 is 6.18 Å². The zero-order valence-electron chi connectivity index (χ0n) is 15.9. The van der Waals surface area contributed by atoms with E-state index in [1.165, 1.54) is 6.07 Å². The van der Waals surface area contributed by atoms with Crippen molar-refractivity contribution in [2.75, 3.05) is 5.32 Å². The molecule has 162 valence electrons. The van der Waals surface area contributed by atoms with Crippen molar-refractivity contribution in [1.82, 2.24) is 4.98 Å². The van der Waals surface area contributed by atoms with Crippen molar-refractivity contribution in [3.05, 3.63) is 57.9 Å². The van der Waals surface area contributed by atoms with Gasteiger partial charge in [-0.1, -0.05) is 24.6 Å². The summed E-state index contributed by atoms with van der Waals surface area (Å²) in [5.74, 6) is -3.22. The van der Waals surface area contributed by atoms with E-state index in [4.69, 9.17) is 17.3 Å². The zero-order chi connectivity index (χ0) is 22.2. The van der Waals surface area contributed by atoms with Crippen LogP contribution in [0.5, 0.6) is 0 Å². The Morgan fingerprint density at radius 3 is 2.60 bits per heavy atom. The van der Waals surface area contributed by atoms with E-state index in [2.05, 4.69) is 10.3 Å². The summed E-state index contributed by atoms with van der Waals surface area (Å²) in [6.45, 7) is 1.85. The summed E-state index contributed by atoms with van der Waals surface area (Å²) in [5.41, 5.74) is 5.64. The Bertz CT molecular complexity index is 966. The van der Waals surface area contributed by atoms with Gasteiger partial charge in [0, 0.05) is 24.1 Å². The van der Waals surface area contributed by atoms with Crippen LogP contribution >= 0.6 is 11.6 Å². The van der Waals surface area contributed by atoms with Gasteiger partial charge in [0.25, 0.3) is 0 Å². The smallest absolute Gasteiger partial charge is 0.327 e. The first-order valence-corrected chi connectivity index (χ1v) is 9.61. The Balaban J connectivity index is 1.82. The van der Waals surface area contributed by atoms with Crippen molar-refractivity contribution in [2.45, 2.75) is 44.3 Å². The number of nitrogens with two attached hydrogens (primary N) is 1. The average molecular weight is 448 g/mol. The summed E-state index contributed by atoms with van der Waals surface area (Å²) in [5, 5.41) is 1.61. The van der Waals surface area contributed by atoms with Crippen molar-refractivity contribution in [3.8, 4) is 0 Å². The molecule has 1 heterocycles. The number of hydrogen-bond donors (Lipinski definition) is 2. The number of alkyl halides is 3. The van der Waals surface area contributed by atoms with Crippen molar-refractivity contribution >= 4 is 23.2 Å². The lowest BCUT2D eigenvalue weighted by molar-refractivity contribution is -0.137. The van der Waals surface area contributed by atoms with Crippen molar-refractivity contribution in [3.63, 3.8) is 0 Å². The molecule has 3 atom stereocenters.